The van der Waals surface area contributed by atoms with Crippen LogP contribution in [-0.2, 0) is 4.79 Å². The molecule has 5 heteroatoms. The summed E-state index contributed by atoms with van der Waals surface area (Å²) < 4.78 is 0. The number of amides is 1. The predicted molar refractivity (Wildman–Crippen MR) is 105 cm³/mol. The fraction of sp³-hybridized carbons (Fsp3) is 0.476. The Balaban J connectivity index is 1.58. The van der Waals surface area contributed by atoms with Gasteiger partial charge in [-0.15, -0.1) is 10.2 Å². The number of anilines is 1. The molecule has 0 aliphatic carbocycles. The van der Waals surface area contributed by atoms with Crippen molar-refractivity contribution in [2.75, 3.05) is 18.0 Å². The zero-order valence-electron chi connectivity index (χ0n) is 15.9. The van der Waals surface area contributed by atoms with Crippen molar-refractivity contribution in [3.05, 3.63) is 42.0 Å². The van der Waals surface area contributed by atoms with Crippen LogP contribution in [0.4, 0.5) is 5.82 Å². The van der Waals surface area contributed by atoms with Gasteiger partial charge < -0.3 is 10.2 Å². The zero-order chi connectivity index (χ0) is 18.5. The van der Waals surface area contributed by atoms with E-state index in [2.05, 4.69) is 65.5 Å². The van der Waals surface area contributed by atoms with E-state index in [4.69, 9.17) is 0 Å². The summed E-state index contributed by atoms with van der Waals surface area (Å²) in [5, 5.41) is 11.9. The van der Waals surface area contributed by atoms with Crippen molar-refractivity contribution >= 4 is 11.7 Å². The van der Waals surface area contributed by atoms with Crippen LogP contribution in [0.15, 0.2) is 36.4 Å². The maximum Gasteiger partial charge on any atom is 0.223 e. The molecule has 1 atom stereocenters. The van der Waals surface area contributed by atoms with Crippen LogP contribution in [-0.4, -0.2) is 35.2 Å². The van der Waals surface area contributed by atoms with Gasteiger partial charge in [0, 0.05) is 30.6 Å². The predicted octanol–water partition coefficient (Wildman–Crippen LogP) is 3.58. The van der Waals surface area contributed by atoms with Crippen LogP contribution in [0.3, 0.4) is 0 Å². The first-order valence-electron chi connectivity index (χ1n) is 9.53. The molecule has 1 aromatic heterocycles. The van der Waals surface area contributed by atoms with Gasteiger partial charge in [-0.1, -0.05) is 36.8 Å². The minimum atomic E-state index is 0.111. The van der Waals surface area contributed by atoms with Crippen LogP contribution >= 0.6 is 0 Å². The molecule has 138 valence electrons. The third-order valence-electron chi connectivity index (χ3n) is 5.19. The van der Waals surface area contributed by atoms with E-state index in [1.165, 1.54) is 5.56 Å². The Morgan fingerprint density at radius 2 is 1.85 bits per heavy atom. The Hall–Kier alpha value is -2.43. The lowest BCUT2D eigenvalue weighted by molar-refractivity contribution is -0.126. The average Bonchev–Trinajstić information content (AvgIpc) is 2.68. The first-order chi connectivity index (χ1) is 12.6. The largest absolute Gasteiger partial charge is 0.355 e. The lowest BCUT2D eigenvalue weighted by atomic mass is 9.95. The molecular weight excluding hydrogens is 324 g/mol. The zero-order valence-corrected chi connectivity index (χ0v) is 15.9. The van der Waals surface area contributed by atoms with E-state index in [1.807, 2.05) is 12.1 Å². The first-order valence-corrected chi connectivity index (χ1v) is 9.53. The number of carbonyl (C=O) groups excluding carboxylic acids is 1. The molecule has 0 bridgehead atoms. The highest BCUT2D eigenvalue weighted by molar-refractivity contribution is 5.79. The number of aryl methyl sites for hydroxylation is 1. The number of rotatable bonds is 5. The summed E-state index contributed by atoms with van der Waals surface area (Å²) in [6, 6.07) is 12.6. The summed E-state index contributed by atoms with van der Waals surface area (Å²) in [6.45, 7) is 7.91. The van der Waals surface area contributed by atoms with Gasteiger partial charge in [-0.3, -0.25) is 4.79 Å². The van der Waals surface area contributed by atoms with E-state index < -0.39 is 0 Å². The van der Waals surface area contributed by atoms with Crippen LogP contribution in [0.25, 0.3) is 11.3 Å². The van der Waals surface area contributed by atoms with E-state index in [1.54, 1.807) is 0 Å². The van der Waals surface area contributed by atoms with Crippen molar-refractivity contribution in [1.82, 2.24) is 15.5 Å². The first kappa shape index (κ1) is 18.4. The van der Waals surface area contributed by atoms with Crippen LogP contribution < -0.4 is 10.2 Å². The molecule has 26 heavy (non-hydrogen) atoms. The number of aromatic nitrogens is 2. The summed E-state index contributed by atoms with van der Waals surface area (Å²) in [5.41, 5.74) is 3.20. The van der Waals surface area contributed by atoms with E-state index in [0.717, 1.165) is 49.4 Å². The number of hydrogen-bond acceptors (Lipinski definition) is 4. The average molecular weight is 352 g/mol. The van der Waals surface area contributed by atoms with Crippen LogP contribution in [0.5, 0.6) is 0 Å². The highest BCUT2D eigenvalue weighted by atomic mass is 16.1. The normalized spacial score (nSPS) is 16.3. The van der Waals surface area contributed by atoms with Gasteiger partial charge in [0.2, 0.25) is 5.91 Å². The second kappa shape index (κ2) is 8.30. The Bertz CT molecular complexity index is 719. The number of nitrogens with one attached hydrogen (secondary N) is 1. The standard InChI is InChI=1S/C21H28N4O/c1-4-16(3)22-21(26)18-11-13-25(14-12-18)20-10-9-19(23-24-20)17-7-5-15(2)6-8-17/h5-10,16,18H,4,11-14H2,1-3H3,(H,22,26)/t16-/m1/s1. The molecule has 5 nitrogen and oxygen atoms in total. The molecule has 1 saturated heterocycles. The van der Waals surface area contributed by atoms with E-state index >= 15 is 0 Å². The summed E-state index contributed by atoms with van der Waals surface area (Å²) in [7, 11) is 0. The fourth-order valence-electron chi connectivity index (χ4n) is 3.21. The molecular formula is C21H28N4O. The van der Waals surface area contributed by atoms with Gasteiger partial charge >= 0.3 is 0 Å². The Kier molecular flexibility index (Phi) is 5.86. The van der Waals surface area contributed by atoms with E-state index in [9.17, 15) is 4.79 Å². The highest BCUT2D eigenvalue weighted by Gasteiger charge is 2.26. The number of nitrogens with zero attached hydrogens (tertiary/aromatic N) is 3. The molecule has 0 saturated carbocycles. The van der Waals surface area contributed by atoms with Gasteiger partial charge in [0.1, 0.15) is 0 Å². The molecule has 1 amide bonds. The lowest BCUT2D eigenvalue weighted by Crippen LogP contribution is -2.43. The van der Waals surface area contributed by atoms with Crippen molar-refractivity contribution in [1.29, 1.82) is 0 Å². The molecule has 1 N–H and O–H groups in total. The van der Waals surface area contributed by atoms with Gasteiger partial charge in [-0.05, 0) is 45.2 Å². The third-order valence-corrected chi connectivity index (χ3v) is 5.19. The molecule has 0 spiro atoms. The Labute approximate surface area is 155 Å². The number of benzene rings is 1. The Morgan fingerprint density at radius 1 is 1.15 bits per heavy atom. The van der Waals surface area contributed by atoms with Gasteiger partial charge in [0.05, 0.1) is 5.69 Å². The number of carbonyl (C=O) groups is 1. The molecule has 1 fully saturated rings. The molecule has 0 radical (unpaired) electrons. The van der Waals surface area contributed by atoms with Crippen molar-refractivity contribution in [2.45, 2.75) is 46.1 Å². The van der Waals surface area contributed by atoms with E-state index in [-0.39, 0.29) is 17.9 Å². The molecule has 3 rings (SSSR count). The highest BCUT2D eigenvalue weighted by Crippen LogP contribution is 2.24. The molecule has 1 aliphatic heterocycles. The monoisotopic (exact) mass is 352 g/mol. The molecule has 0 unspecified atom stereocenters. The summed E-state index contributed by atoms with van der Waals surface area (Å²) in [5.74, 6) is 1.20. The minimum Gasteiger partial charge on any atom is -0.355 e. The molecule has 1 aliphatic rings. The lowest BCUT2D eigenvalue weighted by Gasteiger charge is -2.32. The topological polar surface area (TPSA) is 58.1 Å². The molecule has 2 heterocycles. The van der Waals surface area contributed by atoms with Crippen LogP contribution in [0.1, 0.15) is 38.7 Å². The smallest absolute Gasteiger partial charge is 0.223 e. The van der Waals surface area contributed by atoms with Gasteiger partial charge in [-0.2, -0.15) is 0 Å². The van der Waals surface area contributed by atoms with Crippen LogP contribution in [0, 0.1) is 12.8 Å². The summed E-state index contributed by atoms with van der Waals surface area (Å²) in [6.07, 6.45) is 2.70. The van der Waals surface area contributed by atoms with Gasteiger partial charge in [-0.25, -0.2) is 0 Å². The van der Waals surface area contributed by atoms with Crippen molar-refractivity contribution in [3.63, 3.8) is 0 Å². The SMILES string of the molecule is CC[C@@H](C)NC(=O)C1CCN(c2ccc(-c3ccc(C)cc3)nn2)CC1. The molecule has 2 aromatic rings. The Morgan fingerprint density at radius 3 is 2.42 bits per heavy atom. The summed E-state index contributed by atoms with van der Waals surface area (Å²) in [4.78, 5) is 14.5. The second-order valence-electron chi connectivity index (χ2n) is 7.22. The third kappa shape index (κ3) is 4.40. The molecule has 1 aromatic carbocycles. The number of hydrogen-bond donors (Lipinski definition) is 1. The van der Waals surface area contributed by atoms with Crippen molar-refractivity contribution < 1.29 is 4.79 Å². The van der Waals surface area contributed by atoms with Crippen molar-refractivity contribution in [3.8, 4) is 11.3 Å². The quantitative estimate of drug-likeness (QED) is 0.893. The fourth-order valence-corrected chi connectivity index (χ4v) is 3.21. The maximum absolute atomic E-state index is 12.3. The van der Waals surface area contributed by atoms with Gasteiger partial charge in [0.25, 0.3) is 0 Å². The van der Waals surface area contributed by atoms with Crippen LogP contribution in [0.2, 0.25) is 0 Å². The van der Waals surface area contributed by atoms with Crippen molar-refractivity contribution in [2.24, 2.45) is 5.92 Å². The summed E-state index contributed by atoms with van der Waals surface area (Å²) >= 11 is 0. The number of piperidine rings is 1. The minimum absolute atomic E-state index is 0.111. The second-order valence-corrected chi connectivity index (χ2v) is 7.22. The maximum atomic E-state index is 12.3. The van der Waals surface area contributed by atoms with E-state index in [0.29, 0.717) is 0 Å². The van der Waals surface area contributed by atoms with Gasteiger partial charge in [0.15, 0.2) is 5.82 Å².